The first kappa shape index (κ1) is 23.4. The second-order valence-corrected chi connectivity index (χ2v) is 8.77. The minimum Gasteiger partial charge on any atom is -0.352 e. The largest absolute Gasteiger partial charge is 0.352 e. The molecule has 1 aliphatic heterocycles. The van der Waals surface area contributed by atoms with E-state index in [0.29, 0.717) is 32.5 Å². The van der Waals surface area contributed by atoms with Crippen molar-refractivity contribution in [1.29, 1.82) is 0 Å². The summed E-state index contributed by atoms with van der Waals surface area (Å²) in [7, 11) is 0. The highest BCUT2D eigenvalue weighted by Crippen LogP contribution is 2.21. The lowest BCUT2D eigenvalue weighted by atomic mass is 9.96. The molecule has 8 nitrogen and oxygen atoms in total. The maximum absolute atomic E-state index is 13.3. The van der Waals surface area contributed by atoms with E-state index in [-0.39, 0.29) is 39.3 Å². The molecule has 0 atom stereocenters. The van der Waals surface area contributed by atoms with E-state index in [1.807, 2.05) is 0 Å². The van der Waals surface area contributed by atoms with Crippen molar-refractivity contribution in [2.24, 2.45) is 5.92 Å². The van der Waals surface area contributed by atoms with Crippen molar-refractivity contribution in [3.8, 4) is 0 Å². The van der Waals surface area contributed by atoms with Crippen molar-refractivity contribution < 1.29 is 23.2 Å². The molecule has 176 valence electrons. The Labute approximate surface area is 198 Å². The van der Waals surface area contributed by atoms with Crippen molar-refractivity contribution in [1.82, 2.24) is 20.4 Å². The highest BCUT2D eigenvalue weighted by atomic mass is 32.1. The van der Waals surface area contributed by atoms with E-state index in [4.69, 9.17) is 0 Å². The maximum atomic E-state index is 13.3. The average Bonchev–Trinajstić information content (AvgIpc) is 3.34. The second-order valence-electron chi connectivity index (χ2n) is 7.79. The molecule has 34 heavy (non-hydrogen) atoms. The van der Waals surface area contributed by atoms with E-state index < -0.39 is 11.7 Å². The molecule has 1 aliphatic rings. The first-order chi connectivity index (χ1) is 16.4. The van der Waals surface area contributed by atoms with Gasteiger partial charge in [0.05, 0.1) is 0 Å². The van der Waals surface area contributed by atoms with Gasteiger partial charge in [-0.3, -0.25) is 14.4 Å². The lowest BCUT2D eigenvalue weighted by Crippen LogP contribution is -2.42. The van der Waals surface area contributed by atoms with Crippen LogP contribution in [0, 0.1) is 17.6 Å². The van der Waals surface area contributed by atoms with Crippen LogP contribution in [0.25, 0.3) is 0 Å². The summed E-state index contributed by atoms with van der Waals surface area (Å²) < 4.78 is 26.3. The summed E-state index contributed by atoms with van der Waals surface area (Å²) in [5, 5.41) is 13.0. The molecule has 0 saturated carbocycles. The van der Waals surface area contributed by atoms with Crippen molar-refractivity contribution in [2.75, 3.05) is 18.4 Å². The van der Waals surface area contributed by atoms with Crippen LogP contribution in [0.1, 0.15) is 38.0 Å². The van der Waals surface area contributed by atoms with Crippen LogP contribution in [0.15, 0.2) is 48.5 Å². The molecule has 0 aliphatic carbocycles. The molecule has 1 saturated heterocycles. The Balaban J connectivity index is 1.27. The van der Waals surface area contributed by atoms with E-state index in [2.05, 4.69) is 20.8 Å². The Hall–Kier alpha value is -3.73. The number of piperidine rings is 1. The quantitative estimate of drug-likeness (QED) is 0.558. The first-order valence-electron chi connectivity index (χ1n) is 10.6. The molecule has 0 bridgehead atoms. The molecule has 2 N–H and O–H groups in total. The Kier molecular flexibility index (Phi) is 7.21. The van der Waals surface area contributed by atoms with Gasteiger partial charge in [-0.25, -0.2) is 8.78 Å². The van der Waals surface area contributed by atoms with Crippen LogP contribution >= 0.6 is 11.3 Å². The predicted molar refractivity (Wildman–Crippen MR) is 121 cm³/mol. The van der Waals surface area contributed by atoms with Gasteiger partial charge in [0.2, 0.25) is 15.9 Å². The van der Waals surface area contributed by atoms with Gasteiger partial charge < -0.3 is 15.5 Å². The van der Waals surface area contributed by atoms with Gasteiger partial charge in [0.1, 0.15) is 11.6 Å². The fourth-order valence-electron chi connectivity index (χ4n) is 3.57. The topological polar surface area (TPSA) is 104 Å². The van der Waals surface area contributed by atoms with Crippen LogP contribution in [-0.2, 0) is 11.3 Å². The number of anilines is 1. The molecule has 3 amide bonds. The standard InChI is InChI=1S/C23H21F2N5O3S/c24-16-6-4-14(5-7-16)13-26-19(31)15-8-10-30(11-9-15)23(33)22-29-28-21(34-22)20(32)27-18-3-1-2-17(25)12-18/h1-7,12,15H,8-11,13H2,(H,26,31)(H,27,32). The van der Waals surface area contributed by atoms with Gasteiger partial charge in [0, 0.05) is 31.2 Å². The summed E-state index contributed by atoms with van der Waals surface area (Å²) in [6.07, 6.45) is 0.986. The Morgan fingerprint density at radius 3 is 2.38 bits per heavy atom. The third-order valence-corrected chi connectivity index (χ3v) is 6.33. The van der Waals surface area contributed by atoms with Crippen molar-refractivity contribution in [3.63, 3.8) is 0 Å². The van der Waals surface area contributed by atoms with Crippen LogP contribution < -0.4 is 10.6 Å². The molecule has 2 heterocycles. The number of benzene rings is 2. The van der Waals surface area contributed by atoms with Gasteiger partial charge in [0.25, 0.3) is 11.8 Å². The van der Waals surface area contributed by atoms with E-state index >= 15 is 0 Å². The Morgan fingerprint density at radius 2 is 1.68 bits per heavy atom. The number of rotatable bonds is 6. The van der Waals surface area contributed by atoms with E-state index in [0.717, 1.165) is 16.9 Å². The maximum Gasteiger partial charge on any atom is 0.286 e. The van der Waals surface area contributed by atoms with E-state index in [9.17, 15) is 23.2 Å². The van der Waals surface area contributed by atoms with Crippen LogP contribution in [0.2, 0.25) is 0 Å². The third kappa shape index (κ3) is 5.79. The molecule has 11 heteroatoms. The molecule has 4 rings (SSSR count). The van der Waals surface area contributed by atoms with Gasteiger partial charge in [-0.2, -0.15) is 0 Å². The average molecular weight is 486 g/mol. The predicted octanol–water partition coefficient (Wildman–Crippen LogP) is 3.24. The Morgan fingerprint density at radius 1 is 0.971 bits per heavy atom. The van der Waals surface area contributed by atoms with Crippen molar-refractivity contribution in [3.05, 3.63) is 75.7 Å². The number of hydrogen-bond acceptors (Lipinski definition) is 6. The number of carbonyl (C=O) groups is 3. The zero-order valence-corrected chi connectivity index (χ0v) is 18.8. The first-order valence-corrected chi connectivity index (χ1v) is 11.4. The minimum absolute atomic E-state index is 0.0114. The number of likely N-dealkylation sites (tertiary alicyclic amines) is 1. The number of carbonyl (C=O) groups excluding carboxylic acids is 3. The molecule has 0 radical (unpaired) electrons. The van der Waals surface area contributed by atoms with Gasteiger partial charge in [0.15, 0.2) is 0 Å². The number of amides is 3. The molecule has 2 aromatic carbocycles. The van der Waals surface area contributed by atoms with Crippen LogP contribution in [0.4, 0.5) is 14.5 Å². The molecule has 1 fully saturated rings. The van der Waals surface area contributed by atoms with Gasteiger partial charge in [-0.1, -0.05) is 29.5 Å². The van der Waals surface area contributed by atoms with Gasteiger partial charge in [-0.05, 0) is 48.7 Å². The lowest BCUT2D eigenvalue weighted by Gasteiger charge is -2.30. The summed E-state index contributed by atoms with van der Waals surface area (Å²) in [6, 6.07) is 11.4. The van der Waals surface area contributed by atoms with E-state index in [1.54, 1.807) is 17.0 Å². The lowest BCUT2D eigenvalue weighted by molar-refractivity contribution is -0.126. The number of halogens is 2. The normalized spacial score (nSPS) is 14.0. The summed E-state index contributed by atoms with van der Waals surface area (Å²) in [5.41, 5.74) is 1.07. The number of aromatic nitrogens is 2. The molecule has 0 spiro atoms. The Bertz CT molecular complexity index is 1190. The highest BCUT2D eigenvalue weighted by molar-refractivity contribution is 7.15. The van der Waals surface area contributed by atoms with Crippen molar-refractivity contribution >= 4 is 34.7 Å². The second kappa shape index (κ2) is 10.5. The molecular weight excluding hydrogens is 464 g/mol. The minimum atomic E-state index is -0.585. The zero-order chi connectivity index (χ0) is 24.1. The number of hydrogen-bond donors (Lipinski definition) is 2. The van der Waals surface area contributed by atoms with Crippen molar-refractivity contribution in [2.45, 2.75) is 19.4 Å². The molecule has 3 aromatic rings. The zero-order valence-electron chi connectivity index (χ0n) is 18.0. The van der Waals surface area contributed by atoms with Crippen LogP contribution in [-0.4, -0.2) is 45.9 Å². The molecular formula is C23H21F2N5O3S. The highest BCUT2D eigenvalue weighted by Gasteiger charge is 2.29. The fraction of sp³-hybridized carbons (Fsp3) is 0.261. The van der Waals surface area contributed by atoms with E-state index in [1.165, 1.54) is 36.4 Å². The summed E-state index contributed by atoms with van der Waals surface area (Å²) >= 11 is 0.855. The van der Waals surface area contributed by atoms with Crippen LogP contribution in [0.5, 0.6) is 0 Å². The number of nitrogens with one attached hydrogen (secondary N) is 2. The number of nitrogens with zero attached hydrogens (tertiary/aromatic N) is 3. The molecule has 0 unspecified atom stereocenters. The summed E-state index contributed by atoms with van der Waals surface area (Å²) in [5.74, 6) is -2.10. The smallest absolute Gasteiger partial charge is 0.286 e. The summed E-state index contributed by atoms with van der Waals surface area (Å²) in [4.78, 5) is 39.1. The van der Waals surface area contributed by atoms with Crippen LogP contribution in [0.3, 0.4) is 0 Å². The fourth-order valence-corrected chi connectivity index (χ4v) is 4.27. The SMILES string of the molecule is O=C(Nc1cccc(F)c1)c1nnc(C(=O)N2CCC(C(=O)NCc3ccc(F)cc3)CC2)s1. The third-order valence-electron chi connectivity index (χ3n) is 5.42. The monoisotopic (exact) mass is 485 g/mol. The molecule has 1 aromatic heterocycles. The van der Waals surface area contributed by atoms with Gasteiger partial charge in [-0.15, -0.1) is 10.2 Å². The van der Waals surface area contributed by atoms with Gasteiger partial charge >= 0.3 is 0 Å². The summed E-state index contributed by atoms with van der Waals surface area (Å²) in [6.45, 7) is 1.05.